The van der Waals surface area contributed by atoms with Crippen LogP contribution < -0.4 is 4.90 Å². The highest BCUT2D eigenvalue weighted by atomic mass is 15.1. The SMILES string of the molecule is CC1(C)c2ccccc2-c2ccc(N(C3=CC4=C(CC3)c3ccccc3C4(c3ccccc3)c3ccccc3)c3ccc4c(c3)C(C)(C)c3ccccc3-4)cc21. The van der Waals surface area contributed by atoms with Gasteiger partial charge in [-0.15, -0.1) is 0 Å². The molecule has 1 heteroatoms. The molecule has 0 radical (unpaired) electrons. The molecule has 0 atom stereocenters. The van der Waals surface area contributed by atoms with Gasteiger partial charge < -0.3 is 4.90 Å². The summed E-state index contributed by atoms with van der Waals surface area (Å²) in [5, 5.41) is 0. The van der Waals surface area contributed by atoms with Gasteiger partial charge in [-0.3, -0.25) is 0 Å². The zero-order chi connectivity index (χ0) is 37.8. The van der Waals surface area contributed by atoms with Crippen molar-refractivity contribution in [2.24, 2.45) is 0 Å². The van der Waals surface area contributed by atoms with Crippen molar-refractivity contribution in [3.8, 4) is 22.3 Å². The van der Waals surface area contributed by atoms with Crippen molar-refractivity contribution in [2.45, 2.75) is 56.8 Å². The molecular formula is C55H45N. The van der Waals surface area contributed by atoms with Crippen molar-refractivity contribution < 1.29 is 0 Å². The van der Waals surface area contributed by atoms with E-state index in [4.69, 9.17) is 0 Å². The van der Waals surface area contributed by atoms with Gasteiger partial charge >= 0.3 is 0 Å². The van der Waals surface area contributed by atoms with Gasteiger partial charge in [-0.25, -0.2) is 0 Å². The maximum atomic E-state index is 2.60. The molecule has 0 unspecified atom stereocenters. The van der Waals surface area contributed by atoms with E-state index in [0.29, 0.717) is 0 Å². The number of hydrogen-bond acceptors (Lipinski definition) is 1. The summed E-state index contributed by atoms with van der Waals surface area (Å²) in [7, 11) is 0. The summed E-state index contributed by atoms with van der Waals surface area (Å²) in [6.07, 6.45) is 4.49. The molecular weight excluding hydrogens is 675 g/mol. The first-order chi connectivity index (χ1) is 27.3. The van der Waals surface area contributed by atoms with Crippen LogP contribution in [-0.4, -0.2) is 0 Å². The fourth-order valence-corrected chi connectivity index (χ4v) is 11.0. The number of benzene rings is 7. The Morgan fingerprint density at radius 3 is 1.34 bits per heavy atom. The monoisotopic (exact) mass is 719 g/mol. The Labute approximate surface area is 331 Å². The summed E-state index contributed by atoms with van der Waals surface area (Å²) in [6.45, 7) is 9.56. The summed E-state index contributed by atoms with van der Waals surface area (Å²) in [4.78, 5) is 2.60. The Bertz CT molecular complexity index is 2650. The minimum Gasteiger partial charge on any atom is -0.314 e. The predicted octanol–water partition coefficient (Wildman–Crippen LogP) is 13.9. The maximum absolute atomic E-state index is 2.60. The zero-order valence-corrected chi connectivity index (χ0v) is 32.6. The lowest BCUT2D eigenvalue weighted by Crippen LogP contribution is -2.30. The van der Waals surface area contributed by atoms with E-state index < -0.39 is 5.41 Å². The molecule has 0 saturated heterocycles. The normalized spacial score (nSPS) is 17.2. The molecule has 0 amide bonds. The van der Waals surface area contributed by atoms with Crippen molar-refractivity contribution in [1.82, 2.24) is 0 Å². The molecule has 4 aliphatic rings. The molecule has 0 heterocycles. The van der Waals surface area contributed by atoms with Gasteiger partial charge in [-0.05, 0) is 121 Å². The van der Waals surface area contributed by atoms with Crippen molar-refractivity contribution >= 4 is 16.9 Å². The first kappa shape index (κ1) is 33.2. The quantitative estimate of drug-likeness (QED) is 0.171. The number of hydrogen-bond donors (Lipinski definition) is 0. The molecule has 0 saturated carbocycles. The van der Waals surface area contributed by atoms with Crippen LogP contribution in [-0.2, 0) is 16.2 Å². The molecule has 270 valence electrons. The van der Waals surface area contributed by atoms with Gasteiger partial charge in [0, 0.05) is 27.9 Å². The third-order valence-electron chi connectivity index (χ3n) is 13.7. The third kappa shape index (κ3) is 4.43. The van der Waals surface area contributed by atoms with Gasteiger partial charge in [0.1, 0.15) is 0 Å². The summed E-state index contributed by atoms with van der Waals surface area (Å²) in [6, 6.07) is 64.1. The van der Waals surface area contributed by atoms with Crippen LogP contribution in [0.25, 0.3) is 27.8 Å². The molecule has 0 N–H and O–H groups in total. The van der Waals surface area contributed by atoms with Crippen LogP contribution in [0, 0.1) is 0 Å². The smallest absolute Gasteiger partial charge is 0.0710 e. The van der Waals surface area contributed by atoms with Gasteiger partial charge in [0.15, 0.2) is 0 Å². The summed E-state index contributed by atoms with van der Waals surface area (Å²) in [5.74, 6) is 0. The highest BCUT2D eigenvalue weighted by Crippen LogP contribution is 2.59. The van der Waals surface area contributed by atoms with Gasteiger partial charge in [0.25, 0.3) is 0 Å². The molecule has 7 aromatic carbocycles. The lowest BCUT2D eigenvalue weighted by molar-refractivity contribution is 0.659. The lowest BCUT2D eigenvalue weighted by Gasteiger charge is -2.38. The van der Waals surface area contributed by atoms with Crippen molar-refractivity contribution in [1.29, 1.82) is 0 Å². The summed E-state index contributed by atoms with van der Waals surface area (Å²) in [5.41, 5.74) is 22.3. The number of nitrogens with zero attached hydrogens (tertiary/aromatic N) is 1. The van der Waals surface area contributed by atoms with Crippen LogP contribution in [0.1, 0.15) is 85.0 Å². The molecule has 0 spiro atoms. The highest BCUT2D eigenvalue weighted by Gasteiger charge is 2.48. The fourth-order valence-electron chi connectivity index (χ4n) is 11.0. The first-order valence-corrected chi connectivity index (χ1v) is 20.2. The topological polar surface area (TPSA) is 3.24 Å². The van der Waals surface area contributed by atoms with E-state index in [1.165, 1.54) is 95.0 Å². The second-order valence-electron chi connectivity index (χ2n) is 17.2. The largest absolute Gasteiger partial charge is 0.314 e. The van der Waals surface area contributed by atoms with E-state index in [-0.39, 0.29) is 10.8 Å². The zero-order valence-electron chi connectivity index (χ0n) is 32.6. The Hall–Kier alpha value is -6.18. The minimum atomic E-state index is -0.436. The second kappa shape index (κ2) is 11.9. The summed E-state index contributed by atoms with van der Waals surface area (Å²) < 4.78 is 0. The standard InChI is InChI=1S/C55H45N/c1-53(2)47-24-14-11-21-41(47)44-30-27-38(33-50(44)53)56(39-28-31-45-42-22-12-15-25-48(42)54(3,4)51(45)34-39)40-29-32-46-43-23-13-16-26-49(43)55(52(46)35-40,36-17-7-5-8-18-36)37-19-9-6-10-20-37/h5-28,30-31,33-35H,29,32H2,1-4H3. The van der Waals surface area contributed by atoms with Crippen molar-refractivity contribution in [2.75, 3.05) is 4.90 Å². The Morgan fingerprint density at radius 1 is 0.393 bits per heavy atom. The first-order valence-electron chi connectivity index (χ1n) is 20.2. The van der Waals surface area contributed by atoms with Crippen LogP contribution in [0.15, 0.2) is 187 Å². The average Bonchev–Trinajstić information content (AvgIpc) is 3.76. The molecule has 56 heavy (non-hydrogen) atoms. The molecule has 7 aromatic rings. The van der Waals surface area contributed by atoms with E-state index in [0.717, 1.165) is 12.8 Å². The number of rotatable bonds is 5. The molecule has 1 nitrogen and oxygen atoms in total. The fraction of sp³-hybridized carbons (Fsp3) is 0.164. The van der Waals surface area contributed by atoms with E-state index in [2.05, 4.69) is 209 Å². The second-order valence-corrected chi connectivity index (χ2v) is 17.2. The van der Waals surface area contributed by atoms with Crippen LogP contribution in [0.3, 0.4) is 0 Å². The van der Waals surface area contributed by atoms with Gasteiger partial charge in [0.05, 0.1) is 5.41 Å². The van der Waals surface area contributed by atoms with Crippen LogP contribution in [0.2, 0.25) is 0 Å². The number of allylic oxidation sites excluding steroid dienone is 4. The molecule has 4 aliphatic carbocycles. The van der Waals surface area contributed by atoms with E-state index in [1.807, 2.05) is 0 Å². The molecule has 0 aliphatic heterocycles. The Balaban J connectivity index is 1.16. The maximum Gasteiger partial charge on any atom is 0.0710 e. The van der Waals surface area contributed by atoms with Gasteiger partial charge in [0.2, 0.25) is 0 Å². The number of fused-ring (bicyclic) bond motifs is 8. The van der Waals surface area contributed by atoms with Gasteiger partial charge in [-0.1, -0.05) is 173 Å². The average molecular weight is 720 g/mol. The van der Waals surface area contributed by atoms with Crippen LogP contribution in [0.4, 0.5) is 11.4 Å². The van der Waals surface area contributed by atoms with Crippen LogP contribution in [0.5, 0.6) is 0 Å². The molecule has 0 fully saturated rings. The van der Waals surface area contributed by atoms with E-state index in [9.17, 15) is 0 Å². The highest BCUT2D eigenvalue weighted by molar-refractivity contribution is 5.91. The Kier molecular flexibility index (Phi) is 7.06. The Morgan fingerprint density at radius 2 is 0.821 bits per heavy atom. The van der Waals surface area contributed by atoms with E-state index in [1.54, 1.807) is 0 Å². The molecule has 11 rings (SSSR count). The minimum absolute atomic E-state index is 0.102. The third-order valence-corrected chi connectivity index (χ3v) is 13.7. The lowest BCUT2D eigenvalue weighted by atomic mass is 9.66. The number of anilines is 2. The van der Waals surface area contributed by atoms with Crippen molar-refractivity contribution in [3.05, 3.63) is 232 Å². The summed E-state index contributed by atoms with van der Waals surface area (Å²) >= 11 is 0. The van der Waals surface area contributed by atoms with E-state index >= 15 is 0 Å². The molecule has 0 bridgehead atoms. The van der Waals surface area contributed by atoms with Crippen LogP contribution >= 0.6 is 0 Å². The molecule has 0 aromatic heterocycles. The predicted molar refractivity (Wildman–Crippen MR) is 234 cm³/mol. The van der Waals surface area contributed by atoms with Crippen molar-refractivity contribution in [3.63, 3.8) is 0 Å². The van der Waals surface area contributed by atoms with Gasteiger partial charge in [-0.2, -0.15) is 0 Å².